The molecule has 1 aliphatic rings. The summed E-state index contributed by atoms with van der Waals surface area (Å²) in [6.45, 7) is 0.768. The standard InChI is InChI=1S/C21H20N2O3/c24-18-8-4-15(5-9-18)17-13-22-21(23-14-17)16-6-10-19(11-7-16)26-20-3-1-2-12-25-20/h4-11,13-14,20,24H,1-3,12H2. The maximum Gasteiger partial charge on any atom is 0.199 e. The predicted octanol–water partition coefficient (Wildman–Crippen LogP) is 4.42. The summed E-state index contributed by atoms with van der Waals surface area (Å²) in [5, 5.41) is 9.37. The minimum atomic E-state index is -0.143. The van der Waals surface area contributed by atoms with Gasteiger partial charge in [0.2, 0.25) is 0 Å². The fraction of sp³-hybridized carbons (Fsp3) is 0.238. The molecule has 1 saturated heterocycles. The van der Waals surface area contributed by atoms with E-state index in [9.17, 15) is 5.11 Å². The largest absolute Gasteiger partial charge is 0.508 e. The van der Waals surface area contributed by atoms with Gasteiger partial charge in [-0.25, -0.2) is 9.97 Å². The maximum absolute atomic E-state index is 9.37. The minimum Gasteiger partial charge on any atom is -0.508 e. The SMILES string of the molecule is Oc1ccc(-c2cnc(-c3ccc(OC4CCCCO4)cc3)nc2)cc1. The summed E-state index contributed by atoms with van der Waals surface area (Å²) in [7, 11) is 0. The molecule has 2 aromatic carbocycles. The molecule has 1 aromatic heterocycles. The smallest absolute Gasteiger partial charge is 0.199 e. The van der Waals surface area contributed by atoms with E-state index in [4.69, 9.17) is 9.47 Å². The van der Waals surface area contributed by atoms with E-state index >= 15 is 0 Å². The van der Waals surface area contributed by atoms with Crippen molar-refractivity contribution in [2.24, 2.45) is 0 Å². The maximum atomic E-state index is 9.37. The summed E-state index contributed by atoms with van der Waals surface area (Å²) in [4.78, 5) is 8.91. The number of phenolic OH excluding ortho intramolecular Hbond substituents is 1. The average molecular weight is 348 g/mol. The van der Waals surface area contributed by atoms with Crippen LogP contribution in [-0.2, 0) is 4.74 Å². The van der Waals surface area contributed by atoms with Crippen LogP contribution in [0.25, 0.3) is 22.5 Å². The molecule has 132 valence electrons. The molecule has 0 bridgehead atoms. The van der Waals surface area contributed by atoms with E-state index in [-0.39, 0.29) is 12.0 Å². The fourth-order valence-corrected chi connectivity index (χ4v) is 2.92. The number of rotatable bonds is 4. The lowest BCUT2D eigenvalue weighted by Crippen LogP contribution is -2.24. The number of hydrogen-bond donors (Lipinski definition) is 1. The van der Waals surface area contributed by atoms with Crippen molar-refractivity contribution in [3.05, 3.63) is 60.9 Å². The van der Waals surface area contributed by atoms with Crippen molar-refractivity contribution in [2.45, 2.75) is 25.6 Å². The molecule has 1 unspecified atom stereocenters. The summed E-state index contributed by atoms with van der Waals surface area (Å²) in [6.07, 6.45) is 6.61. The molecule has 4 rings (SSSR count). The number of nitrogens with zero attached hydrogens (tertiary/aromatic N) is 2. The topological polar surface area (TPSA) is 64.5 Å². The summed E-state index contributed by atoms with van der Waals surface area (Å²) in [5.74, 6) is 1.70. The van der Waals surface area contributed by atoms with E-state index < -0.39 is 0 Å². The minimum absolute atomic E-state index is 0.143. The van der Waals surface area contributed by atoms with Crippen molar-refractivity contribution in [3.63, 3.8) is 0 Å². The van der Waals surface area contributed by atoms with Crippen LogP contribution in [0.1, 0.15) is 19.3 Å². The molecule has 0 aliphatic carbocycles. The van der Waals surface area contributed by atoms with Crippen LogP contribution < -0.4 is 4.74 Å². The lowest BCUT2D eigenvalue weighted by molar-refractivity contribution is -0.105. The lowest BCUT2D eigenvalue weighted by Gasteiger charge is -2.23. The molecule has 1 atom stereocenters. The highest BCUT2D eigenvalue weighted by Crippen LogP contribution is 2.25. The third-order valence-corrected chi connectivity index (χ3v) is 4.37. The number of ether oxygens (including phenoxy) is 2. The highest BCUT2D eigenvalue weighted by atomic mass is 16.7. The molecule has 1 aliphatic heterocycles. The van der Waals surface area contributed by atoms with Gasteiger partial charge in [-0.15, -0.1) is 0 Å². The van der Waals surface area contributed by atoms with E-state index in [2.05, 4.69) is 9.97 Å². The zero-order chi connectivity index (χ0) is 17.8. The molecule has 0 saturated carbocycles. The van der Waals surface area contributed by atoms with Gasteiger partial charge in [0.25, 0.3) is 0 Å². The Balaban J connectivity index is 1.46. The average Bonchev–Trinajstić information content (AvgIpc) is 2.70. The van der Waals surface area contributed by atoms with Gasteiger partial charge in [0.05, 0.1) is 6.61 Å². The number of hydrogen-bond acceptors (Lipinski definition) is 5. The van der Waals surface area contributed by atoms with Gasteiger partial charge < -0.3 is 14.6 Å². The van der Waals surface area contributed by atoms with Gasteiger partial charge in [0.15, 0.2) is 12.1 Å². The Morgan fingerprint density at radius 2 is 1.54 bits per heavy atom. The fourth-order valence-electron chi connectivity index (χ4n) is 2.92. The molecule has 2 heterocycles. The Bertz CT molecular complexity index is 840. The summed E-state index contributed by atoms with van der Waals surface area (Å²) < 4.78 is 11.4. The Labute approximate surface area is 152 Å². The second kappa shape index (κ2) is 7.54. The number of aromatic hydroxyl groups is 1. The first-order chi connectivity index (χ1) is 12.8. The summed E-state index contributed by atoms with van der Waals surface area (Å²) in [6, 6.07) is 14.7. The van der Waals surface area contributed by atoms with Crippen LogP contribution in [0.5, 0.6) is 11.5 Å². The van der Waals surface area contributed by atoms with Crippen molar-refractivity contribution in [1.29, 1.82) is 0 Å². The van der Waals surface area contributed by atoms with Crippen molar-refractivity contribution in [3.8, 4) is 34.0 Å². The first-order valence-electron chi connectivity index (χ1n) is 8.78. The molecular formula is C21H20N2O3. The summed E-state index contributed by atoms with van der Waals surface area (Å²) in [5.41, 5.74) is 2.80. The van der Waals surface area contributed by atoms with Gasteiger partial charge in [0.1, 0.15) is 11.5 Å². The first-order valence-corrected chi connectivity index (χ1v) is 8.78. The van der Waals surface area contributed by atoms with Crippen LogP contribution in [0.4, 0.5) is 0 Å². The van der Waals surface area contributed by atoms with Crippen molar-refractivity contribution in [1.82, 2.24) is 9.97 Å². The third-order valence-electron chi connectivity index (χ3n) is 4.37. The normalized spacial score (nSPS) is 17.0. The second-order valence-corrected chi connectivity index (χ2v) is 6.28. The molecule has 1 N–H and O–H groups in total. The molecule has 5 nitrogen and oxygen atoms in total. The van der Waals surface area contributed by atoms with Crippen LogP contribution in [0.3, 0.4) is 0 Å². The van der Waals surface area contributed by atoms with E-state index in [1.54, 1.807) is 24.5 Å². The first kappa shape index (κ1) is 16.5. The van der Waals surface area contributed by atoms with Crippen LogP contribution in [-0.4, -0.2) is 28.0 Å². The summed E-state index contributed by atoms with van der Waals surface area (Å²) >= 11 is 0. The Morgan fingerprint density at radius 3 is 2.19 bits per heavy atom. The molecule has 0 radical (unpaired) electrons. The van der Waals surface area contributed by atoms with Gasteiger partial charge >= 0.3 is 0 Å². The van der Waals surface area contributed by atoms with E-state index in [0.717, 1.165) is 48.3 Å². The van der Waals surface area contributed by atoms with Gasteiger partial charge in [-0.2, -0.15) is 0 Å². The lowest BCUT2D eigenvalue weighted by atomic mass is 10.1. The Morgan fingerprint density at radius 1 is 0.846 bits per heavy atom. The Hall–Kier alpha value is -2.92. The molecule has 5 heteroatoms. The van der Waals surface area contributed by atoms with Crippen molar-refractivity contribution in [2.75, 3.05) is 6.61 Å². The number of benzene rings is 2. The Kier molecular flexibility index (Phi) is 4.80. The molecule has 3 aromatic rings. The molecule has 26 heavy (non-hydrogen) atoms. The zero-order valence-electron chi connectivity index (χ0n) is 14.3. The predicted molar refractivity (Wildman–Crippen MR) is 98.8 cm³/mol. The van der Waals surface area contributed by atoms with Crippen molar-refractivity contribution < 1.29 is 14.6 Å². The van der Waals surface area contributed by atoms with Crippen molar-refractivity contribution >= 4 is 0 Å². The molecular weight excluding hydrogens is 328 g/mol. The molecule has 0 spiro atoms. The van der Waals surface area contributed by atoms with Gasteiger partial charge in [-0.05, 0) is 54.8 Å². The molecule has 1 fully saturated rings. The van der Waals surface area contributed by atoms with E-state index in [0.29, 0.717) is 5.82 Å². The van der Waals surface area contributed by atoms with Gasteiger partial charge in [-0.1, -0.05) is 12.1 Å². The van der Waals surface area contributed by atoms with E-state index in [1.165, 1.54) is 0 Å². The third kappa shape index (κ3) is 3.83. The van der Waals surface area contributed by atoms with Gasteiger partial charge in [-0.3, -0.25) is 0 Å². The molecule has 0 amide bonds. The highest BCUT2D eigenvalue weighted by Gasteiger charge is 2.15. The van der Waals surface area contributed by atoms with Crippen LogP contribution in [0, 0.1) is 0 Å². The number of aromatic nitrogens is 2. The quantitative estimate of drug-likeness (QED) is 0.756. The van der Waals surface area contributed by atoms with Crippen LogP contribution >= 0.6 is 0 Å². The monoisotopic (exact) mass is 348 g/mol. The van der Waals surface area contributed by atoms with Crippen LogP contribution in [0.2, 0.25) is 0 Å². The highest BCUT2D eigenvalue weighted by molar-refractivity contribution is 5.64. The number of phenols is 1. The van der Waals surface area contributed by atoms with E-state index in [1.807, 2.05) is 36.4 Å². The zero-order valence-corrected chi connectivity index (χ0v) is 14.3. The van der Waals surface area contributed by atoms with Gasteiger partial charge in [0, 0.05) is 29.9 Å². The second-order valence-electron chi connectivity index (χ2n) is 6.28. The van der Waals surface area contributed by atoms with Crippen LogP contribution in [0.15, 0.2) is 60.9 Å².